The molecule has 2 unspecified atom stereocenters. The predicted molar refractivity (Wildman–Crippen MR) is 123 cm³/mol. The summed E-state index contributed by atoms with van der Waals surface area (Å²) in [5, 5.41) is 0. The zero-order chi connectivity index (χ0) is 22.9. The summed E-state index contributed by atoms with van der Waals surface area (Å²) in [6.45, 7) is 7.07. The van der Waals surface area contributed by atoms with Gasteiger partial charge in [0.1, 0.15) is 5.78 Å². The summed E-state index contributed by atoms with van der Waals surface area (Å²) >= 11 is 0. The van der Waals surface area contributed by atoms with Gasteiger partial charge in [-0.1, -0.05) is 19.9 Å². The van der Waals surface area contributed by atoms with Gasteiger partial charge in [0.25, 0.3) is 0 Å². The molecule has 0 saturated heterocycles. The summed E-state index contributed by atoms with van der Waals surface area (Å²) in [6, 6.07) is 7.98. The molecule has 1 fully saturated rings. The maximum atomic E-state index is 13.4. The molecule has 0 radical (unpaired) electrons. The van der Waals surface area contributed by atoms with Crippen molar-refractivity contribution in [2.75, 3.05) is 26.4 Å². The highest BCUT2D eigenvalue weighted by atomic mass is 16.5. The van der Waals surface area contributed by atoms with Crippen molar-refractivity contribution in [3.63, 3.8) is 0 Å². The first-order valence-electron chi connectivity index (χ1n) is 11.2. The second kappa shape index (κ2) is 9.00. The van der Waals surface area contributed by atoms with Crippen molar-refractivity contribution in [3.8, 4) is 0 Å². The van der Waals surface area contributed by atoms with Gasteiger partial charge >= 0.3 is 5.97 Å². The minimum Gasteiger partial charge on any atom is -0.463 e. The molecular formula is C25H31N3O4. The third-order valence-corrected chi connectivity index (χ3v) is 6.15. The molecule has 170 valence electrons. The number of ketones is 1. The minimum atomic E-state index is -0.478. The zero-order valence-corrected chi connectivity index (χ0v) is 19.0. The molecule has 1 aliphatic carbocycles. The van der Waals surface area contributed by atoms with Crippen LogP contribution in [0.5, 0.6) is 0 Å². The van der Waals surface area contributed by atoms with E-state index in [9.17, 15) is 9.59 Å². The van der Waals surface area contributed by atoms with E-state index in [2.05, 4.69) is 13.8 Å². The van der Waals surface area contributed by atoms with Crippen LogP contribution in [0.3, 0.4) is 0 Å². The molecule has 0 amide bonds. The number of rotatable bonds is 7. The Hall–Kier alpha value is -2.77. The van der Waals surface area contributed by atoms with Gasteiger partial charge in [-0.15, -0.1) is 0 Å². The van der Waals surface area contributed by atoms with Crippen LogP contribution < -0.4 is 5.73 Å². The van der Waals surface area contributed by atoms with Crippen molar-refractivity contribution < 1.29 is 19.1 Å². The van der Waals surface area contributed by atoms with Crippen molar-refractivity contribution >= 4 is 23.0 Å². The number of fused-ring (bicyclic) bond motifs is 2. The first kappa shape index (κ1) is 22.4. The van der Waals surface area contributed by atoms with Gasteiger partial charge in [-0.2, -0.15) is 0 Å². The molecule has 0 bridgehead atoms. The molecule has 32 heavy (non-hydrogen) atoms. The van der Waals surface area contributed by atoms with E-state index in [0.29, 0.717) is 37.3 Å². The lowest BCUT2D eigenvalue weighted by molar-refractivity contribution is -0.139. The molecule has 7 heteroatoms. The Morgan fingerprint density at radius 2 is 2.06 bits per heavy atom. The Labute approximate surface area is 188 Å². The highest BCUT2D eigenvalue weighted by molar-refractivity contribution is 6.12. The van der Waals surface area contributed by atoms with Crippen LogP contribution >= 0.6 is 0 Å². The van der Waals surface area contributed by atoms with Gasteiger partial charge in [-0.25, -0.2) is 4.79 Å². The van der Waals surface area contributed by atoms with Crippen LogP contribution in [0.25, 0.3) is 5.52 Å². The maximum Gasteiger partial charge on any atom is 0.336 e. The highest BCUT2D eigenvalue weighted by Gasteiger charge is 2.48. The van der Waals surface area contributed by atoms with Crippen molar-refractivity contribution in [2.45, 2.75) is 39.5 Å². The van der Waals surface area contributed by atoms with Gasteiger partial charge in [0.15, 0.2) is 0 Å². The summed E-state index contributed by atoms with van der Waals surface area (Å²) in [5.74, 6) is -1.28. The minimum absolute atomic E-state index is 0.112. The van der Waals surface area contributed by atoms with Crippen LogP contribution in [-0.2, 0) is 19.1 Å². The SMILES string of the molecule is CCOC(=O)C1=C(COCCN)N=C2CC(C)(C)CC(=O)C2C1c1ccc2cccn2c1. The Morgan fingerprint density at radius 3 is 2.81 bits per heavy atom. The summed E-state index contributed by atoms with van der Waals surface area (Å²) < 4.78 is 13.1. The molecule has 7 nitrogen and oxygen atoms in total. The van der Waals surface area contributed by atoms with Crippen molar-refractivity contribution in [1.29, 1.82) is 0 Å². The number of aromatic nitrogens is 1. The maximum absolute atomic E-state index is 13.4. The number of nitrogens with two attached hydrogens (primary N) is 1. The smallest absolute Gasteiger partial charge is 0.336 e. The van der Waals surface area contributed by atoms with Gasteiger partial charge in [-0.05, 0) is 42.5 Å². The molecule has 2 atom stereocenters. The molecule has 2 aromatic heterocycles. The van der Waals surface area contributed by atoms with E-state index >= 15 is 0 Å². The lowest BCUT2D eigenvalue weighted by Crippen LogP contribution is -2.44. The van der Waals surface area contributed by atoms with Crippen LogP contribution in [0.15, 0.2) is 52.9 Å². The number of Topliss-reactive ketones (excluding diaryl/α,β-unsaturated/α-hetero) is 1. The van der Waals surface area contributed by atoms with Gasteiger partial charge in [0, 0.05) is 42.5 Å². The average molecular weight is 438 g/mol. The van der Waals surface area contributed by atoms with Gasteiger partial charge < -0.3 is 19.6 Å². The van der Waals surface area contributed by atoms with Crippen LogP contribution in [0, 0.1) is 11.3 Å². The molecule has 2 aliphatic rings. The largest absolute Gasteiger partial charge is 0.463 e. The van der Waals surface area contributed by atoms with Crippen LogP contribution in [0.2, 0.25) is 0 Å². The van der Waals surface area contributed by atoms with E-state index in [4.69, 9.17) is 20.2 Å². The highest BCUT2D eigenvalue weighted by Crippen LogP contribution is 2.47. The van der Waals surface area contributed by atoms with E-state index in [1.54, 1.807) is 6.92 Å². The topological polar surface area (TPSA) is 95.4 Å². The fraction of sp³-hybridized carbons (Fsp3) is 0.480. The Morgan fingerprint density at radius 1 is 1.25 bits per heavy atom. The van der Waals surface area contributed by atoms with E-state index in [-0.39, 0.29) is 24.4 Å². The molecule has 2 N–H and O–H groups in total. The second-order valence-electron chi connectivity index (χ2n) is 9.27. The fourth-order valence-corrected chi connectivity index (χ4v) is 4.91. The van der Waals surface area contributed by atoms with Gasteiger partial charge in [-0.3, -0.25) is 9.79 Å². The summed E-state index contributed by atoms with van der Waals surface area (Å²) in [6.07, 6.45) is 5.10. The fourth-order valence-electron chi connectivity index (χ4n) is 4.91. The number of esters is 1. The van der Waals surface area contributed by atoms with Gasteiger partial charge in [0.2, 0.25) is 0 Å². The monoisotopic (exact) mass is 437 g/mol. The number of hydrogen-bond acceptors (Lipinski definition) is 6. The third-order valence-electron chi connectivity index (χ3n) is 6.15. The van der Waals surface area contributed by atoms with E-state index in [1.807, 2.05) is 41.1 Å². The Kier molecular flexibility index (Phi) is 6.31. The Balaban J connectivity index is 1.89. The molecular weight excluding hydrogens is 406 g/mol. The van der Waals surface area contributed by atoms with Crippen molar-refractivity contribution in [3.05, 3.63) is 53.5 Å². The molecule has 3 heterocycles. The number of carbonyl (C=O) groups excluding carboxylic acids is 2. The molecule has 0 aromatic carbocycles. The molecule has 1 saturated carbocycles. The van der Waals surface area contributed by atoms with E-state index < -0.39 is 17.8 Å². The lowest BCUT2D eigenvalue weighted by atomic mass is 9.63. The summed E-state index contributed by atoms with van der Waals surface area (Å²) in [7, 11) is 0. The zero-order valence-electron chi connectivity index (χ0n) is 19.0. The van der Waals surface area contributed by atoms with Crippen LogP contribution in [0.4, 0.5) is 0 Å². The number of aliphatic imine (C=N–C) groups is 1. The Bertz CT molecular complexity index is 1100. The first-order valence-corrected chi connectivity index (χ1v) is 11.2. The molecule has 1 aliphatic heterocycles. The molecule has 0 spiro atoms. The van der Waals surface area contributed by atoms with E-state index in [1.165, 1.54) is 0 Å². The molecule has 2 aromatic rings. The summed E-state index contributed by atoms with van der Waals surface area (Å²) in [4.78, 5) is 31.5. The van der Waals surface area contributed by atoms with Crippen LogP contribution in [-0.4, -0.2) is 48.2 Å². The number of nitrogens with zero attached hydrogens (tertiary/aromatic N) is 2. The second-order valence-corrected chi connectivity index (χ2v) is 9.27. The number of ether oxygens (including phenoxy) is 2. The van der Waals surface area contributed by atoms with Crippen LogP contribution in [0.1, 0.15) is 45.1 Å². The first-order chi connectivity index (χ1) is 15.3. The summed E-state index contributed by atoms with van der Waals surface area (Å²) in [5.41, 5.74) is 9.12. The normalized spacial score (nSPS) is 22.6. The number of carbonyl (C=O) groups is 2. The lowest BCUT2D eigenvalue weighted by Gasteiger charge is -2.41. The standard InChI is InChI=1S/C25H31N3O4/c1-4-32-24(30)23-19(15-31-11-9-26)27-18-12-25(2,3)13-20(29)22(18)21(23)16-7-8-17-6-5-10-28(17)14-16/h5-8,10,14,21-22H,4,9,11-13,15,26H2,1-3H3. The quantitative estimate of drug-likeness (QED) is 0.530. The van der Waals surface area contributed by atoms with E-state index in [0.717, 1.165) is 16.8 Å². The van der Waals surface area contributed by atoms with Crippen molar-refractivity contribution in [1.82, 2.24) is 4.40 Å². The molecule has 4 rings (SSSR count). The third kappa shape index (κ3) is 4.27. The average Bonchev–Trinajstić information content (AvgIpc) is 3.20. The predicted octanol–water partition coefficient (Wildman–Crippen LogP) is 3.28. The number of pyridine rings is 1. The number of hydrogen-bond donors (Lipinski definition) is 1. The van der Waals surface area contributed by atoms with Crippen molar-refractivity contribution in [2.24, 2.45) is 22.1 Å². The van der Waals surface area contributed by atoms with Gasteiger partial charge in [0.05, 0.1) is 37.0 Å².